The molecule has 0 N–H and O–H groups in total. The number of hydrogen-bond donors (Lipinski definition) is 0. The molecule has 0 spiro atoms. The molecule has 0 amide bonds. The first-order valence-electron chi connectivity index (χ1n) is 4.82. The predicted molar refractivity (Wildman–Crippen MR) is 64.9 cm³/mol. The van der Waals surface area contributed by atoms with Crippen molar-refractivity contribution < 1.29 is 17.0 Å². The summed E-state index contributed by atoms with van der Waals surface area (Å²) in [6.07, 6.45) is 1.15. The molecule has 0 unspecified atom stereocenters. The first-order valence-corrected chi connectivity index (χ1v) is 9.12. The maximum absolute atomic E-state index is 4.89. The molecule has 0 aromatic heterocycles. The molecule has 0 fully saturated rings. The molecule has 1 aromatic carbocycles. The van der Waals surface area contributed by atoms with Gasteiger partial charge in [0.1, 0.15) is 0 Å². The summed E-state index contributed by atoms with van der Waals surface area (Å²) in [6.45, 7) is 6.60. The minimum absolute atomic E-state index is 0.556. The second-order valence-electron chi connectivity index (χ2n) is 3.81. The topological polar surface area (TPSA) is 0 Å². The normalized spacial score (nSPS) is 13.1. The first-order chi connectivity index (χ1) is 7.10. The Morgan fingerprint density at radius 3 is 2.33 bits per heavy atom. The molecule has 0 nitrogen and oxygen atoms in total. The number of hydrogen-bond acceptors (Lipinski definition) is 0. The van der Waals surface area contributed by atoms with Gasteiger partial charge in [-0.25, -0.2) is 0 Å². The Hall–Kier alpha value is 0.254. The number of halogens is 2. The number of benzene rings is 1. The molecule has 0 atom stereocenters. The average molecular weight is 277 g/mol. The van der Waals surface area contributed by atoms with Gasteiger partial charge in [0, 0.05) is 0 Å². The van der Waals surface area contributed by atoms with Gasteiger partial charge in [0.2, 0.25) is 0 Å². The summed E-state index contributed by atoms with van der Waals surface area (Å²) in [6, 6.07) is 6.75. The van der Waals surface area contributed by atoms with Crippen LogP contribution in [0.3, 0.4) is 0 Å². The van der Waals surface area contributed by atoms with Crippen molar-refractivity contribution in [2.24, 2.45) is 0 Å². The van der Waals surface area contributed by atoms with E-state index in [1.807, 2.05) is 0 Å². The molecule has 0 saturated heterocycles. The van der Waals surface area contributed by atoms with Gasteiger partial charge in [-0.1, -0.05) is 29.3 Å². The summed E-state index contributed by atoms with van der Waals surface area (Å²) in [4.78, 5) is 0. The molecule has 0 aliphatic heterocycles. The van der Waals surface area contributed by atoms with E-state index in [0.717, 1.165) is 6.42 Å². The minimum atomic E-state index is -0.556. The molecule has 80 valence electrons. The average Bonchev–Trinajstić information content (AvgIpc) is 2.46. The fourth-order valence-electron chi connectivity index (χ4n) is 1.84. The molecule has 0 bridgehead atoms. The molecule has 3 heteroatoms. The fraction of sp³-hybridized carbons (Fsp3) is 0.333. The van der Waals surface area contributed by atoms with Gasteiger partial charge in [0.25, 0.3) is 0 Å². The molecular weight excluding hydrogens is 263 g/mol. The SMILES string of the molecule is CC1=C(C)c2cc(C)ccc2C1.[Cl][Ti][Cl]. The summed E-state index contributed by atoms with van der Waals surface area (Å²) in [5.74, 6) is 0. The van der Waals surface area contributed by atoms with Crippen molar-refractivity contribution >= 4 is 24.2 Å². The predicted octanol–water partition coefficient (Wildman–Crippen LogP) is 4.72. The Morgan fingerprint density at radius 2 is 1.73 bits per heavy atom. The van der Waals surface area contributed by atoms with Gasteiger partial charge >= 0.3 is 35.6 Å². The van der Waals surface area contributed by atoms with Crippen LogP contribution in [0.4, 0.5) is 0 Å². The van der Waals surface area contributed by atoms with E-state index in [0.29, 0.717) is 0 Å². The molecule has 0 radical (unpaired) electrons. The second-order valence-corrected chi connectivity index (χ2v) is 6.39. The molecule has 1 aliphatic carbocycles. The van der Waals surface area contributed by atoms with Gasteiger partial charge in [0.05, 0.1) is 0 Å². The van der Waals surface area contributed by atoms with E-state index in [-0.39, 0.29) is 0 Å². The molecular formula is C12H14Cl2Ti. The van der Waals surface area contributed by atoms with E-state index < -0.39 is 17.0 Å². The summed E-state index contributed by atoms with van der Waals surface area (Å²) < 4.78 is 0. The zero-order valence-electron chi connectivity index (χ0n) is 9.20. The Balaban J connectivity index is 0.000000337. The summed E-state index contributed by atoms with van der Waals surface area (Å²) in [7, 11) is 9.78. The Labute approximate surface area is 108 Å². The van der Waals surface area contributed by atoms with Crippen LogP contribution in [-0.4, -0.2) is 0 Å². The number of fused-ring (bicyclic) bond motifs is 1. The van der Waals surface area contributed by atoms with E-state index in [2.05, 4.69) is 39.0 Å². The van der Waals surface area contributed by atoms with Crippen LogP contribution in [0.25, 0.3) is 5.57 Å². The number of aryl methyl sites for hydroxylation is 1. The Kier molecular flexibility index (Phi) is 5.42. The zero-order valence-corrected chi connectivity index (χ0v) is 12.3. The van der Waals surface area contributed by atoms with Crippen LogP contribution in [0.2, 0.25) is 0 Å². The van der Waals surface area contributed by atoms with E-state index in [1.54, 1.807) is 0 Å². The Morgan fingerprint density at radius 1 is 1.13 bits per heavy atom. The van der Waals surface area contributed by atoms with E-state index >= 15 is 0 Å². The summed E-state index contributed by atoms with van der Waals surface area (Å²) in [5, 5.41) is 0. The summed E-state index contributed by atoms with van der Waals surface area (Å²) in [5.41, 5.74) is 7.33. The summed E-state index contributed by atoms with van der Waals surface area (Å²) >= 11 is -0.556. The molecule has 2 rings (SSSR count). The van der Waals surface area contributed by atoms with Gasteiger partial charge in [-0.05, 0) is 43.9 Å². The van der Waals surface area contributed by atoms with E-state index in [1.165, 1.54) is 27.8 Å². The molecule has 0 heterocycles. The molecule has 15 heavy (non-hydrogen) atoms. The van der Waals surface area contributed by atoms with Crippen molar-refractivity contribution in [2.45, 2.75) is 27.2 Å². The third-order valence-electron chi connectivity index (χ3n) is 2.77. The standard InChI is InChI=1S/C12H14.2ClH.Ti/c1-8-4-5-11-7-9(2)10(3)12(11)6-8;;;/h4-6H,7H2,1-3H3;2*1H;/q;;;+2/p-2. The third-order valence-corrected chi connectivity index (χ3v) is 2.77. The van der Waals surface area contributed by atoms with Crippen LogP contribution in [0.1, 0.15) is 30.5 Å². The van der Waals surface area contributed by atoms with Crippen LogP contribution >= 0.6 is 18.6 Å². The van der Waals surface area contributed by atoms with Gasteiger partial charge < -0.3 is 0 Å². The van der Waals surface area contributed by atoms with Gasteiger partial charge in [-0.2, -0.15) is 0 Å². The number of rotatable bonds is 0. The van der Waals surface area contributed by atoms with Crippen molar-refractivity contribution in [1.82, 2.24) is 0 Å². The molecule has 1 aromatic rings. The van der Waals surface area contributed by atoms with Crippen molar-refractivity contribution in [3.63, 3.8) is 0 Å². The molecule has 1 aliphatic rings. The van der Waals surface area contributed by atoms with Gasteiger partial charge in [-0.3, -0.25) is 0 Å². The number of allylic oxidation sites excluding steroid dienone is 2. The first kappa shape index (κ1) is 13.3. The van der Waals surface area contributed by atoms with Crippen LogP contribution in [0, 0.1) is 6.92 Å². The van der Waals surface area contributed by atoms with Crippen LogP contribution in [-0.2, 0) is 23.5 Å². The maximum atomic E-state index is 4.89. The van der Waals surface area contributed by atoms with Crippen LogP contribution in [0.5, 0.6) is 0 Å². The quantitative estimate of drug-likeness (QED) is 0.602. The van der Waals surface area contributed by atoms with Crippen molar-refractivity contribution in [1.29, 1.82) is 0 Å². The van der Waals surface area contributed by atoms with E-state index in [9.17, 15) is 0 Å². The van der Waals surface area contributed by atoms with Gasteiger partial charge in [0.15, 0.2) is 0 Å². The van der Waals surface area contributed by atoms with Crippen molar-refractivity contribution in [3.8, 4) is 0 Å². The Bertz CT molecular complexity index is 383. The van der Waals surface area contributed by atoms with Crippen LogP contribution in [0.15, 0.2) is 23.8 Å². The second kappa shape index (κ2) is 6.10. The van der Waals surface area contributed by atoms with Gasteiger partial charge in [-0.15, -0.1) is 0 Å². The monoisotopic (exact) mass is 276 g/mol. The zero-order chi connectivity index (χ0) is 11.4. The van der Waals surface area contributed by atoms with Crippen LogP contribution < -0.4 is 0 Å². The third kappa shape index (κ3) is 3.36. The van der Waals surface area contributed by atoms with Crippen molar-refractivity contribution in [3.05, 3.63) is 40.5 Å². The fourth-order valence-corrected chi connectivity index (χ4v) is 1.84. The van der Waals surface area contributed by atoms with Crippen molar-refractivity contribution in [2.75, 3.05) is 0 Å². The van der Waals surface area contributed by atoms with E-state index in [4.69, 9.17) is 18.6 Å². The molecule has 0 saturated carbocycles.